The van der Waals surface area contributed by atoms with Crippen molar-refractivity contribution < 1.29 is 4.79 Å². The molecule has 1 rings (SSSR count). The van der Waals surface area contributed by atoms with Gasteiger partial charge in [-0.3, -0.25) is 9.59 Å². The van der Waals surface area contributed by atoms with Crippen LogP contribution in [0.1, 0.15) is 30.3 Å². The van der Waals surface area contributed by atoms with E-state index in [0.29, 0.717) is 0 Å². The van der Waals surface area contributed by atoms with Crippen LogP contribution >= 0.6 is 0 Å². The number of pyridine rings is 1. The predicted octanol–water partition coefficient (Wildman–Crippen LogP) is 0.907. The van der Waals surface area contributed by atoms with Crippen molar-refractivity contribution in [2.24, 2.45) is 0 Å². The van der Waals surface area contributed by atoms with Crippen LogP contribution in [0.15, 0.2) is 23.0 Å². The summed E-state index contributed by atoms with van der Waals surface area (Å²) in [6, 6.07) is 4.12. The molecule has 1 aromatic heterocycles. The summed E-state index contributed by atoms with van der Waals surface area (Å²) in [6.07, 6.45) is 6.89. The first-order valence-corrected chi connectivity index (χ1v) is 5.13. The number of amides is 1. The van der Waals surface area contributed by atoms with Crippen molar-refractivity contribution in [3.05, 3.63) is 34.2 Å². The molecule has 0 saturated carbocycles. The average Bonchev–Trinajstić information content (AvgIpc) is 2.28. The van der Waals surface area contributed by atoms with Gasteiger partial charge in [0, 0.05) is 6.07 Å². The van der Waals surface area contributed by atoms with Crippen LogP contribution in [-0.2, 0) is 0 Å². The van der Waals surface area contributed by atoms with Gasteiger partial charge in [-0.05, 0) is 12.5 Å². The van der Waals surface area contributed by atoms with Crippen molar-refractivity contribution in [3.8, 4) is 12.3 Å². The first-order valence-electron chi connectivity index (χ1n) is 5.13. The molecule has 1 heterocycles. The van der Waals surface area contributed by atoms with Crippen LogP contribution in [-0.4, -0.2) is 16.9 Å². The number of carbonyl (C=O) groups is 1. The highest BCUT2D eigenvalue weighted by atomic mass is 16.2. The predicted molar refractivity (Wildman–Crippen MR) is 62.1 cm³/mol. The number of nitrogens with one attached hydrogen (secondary N) is 2. The Hall–Kier alpha value is -2.02. The van der Waals surface area contributed by atoms with E-state index >= 15 is 0 Å². The molecule has 0 saturated heterocycles. The second kappa shape index (κ2) is 5.76. The fourth-order valence-corrected chi connectivity index (χ4v) is 1.30. The topological polar surface area (TPSA) is 62.0 Å². The number of carbonyl (C=O) groups excluding carboxylic acids is 1. The summed E-state index contributed by atoms with van der Waals surface area (Å²) in [5.74, 6) is 2.14. The Morgan fingerprint density at radius 2 is 2.38 bits per heavy atom. The molecule has 0 aliphatic carbocycles. The normalized spacial score (nSPS) is 11.5. The highest BCUT2D eigenvalue weighted by Crippen LogP contribution is 1.97. The Kier molecular flexibility index (Phi) is 4.34. The van der Waals surface area contributed by atoms with Crippen LogP contribution in [0.25, 0.3) is 0 Å². The van der Waals surface area contributed by atoms with Crippen molar-refractivity contribution in [1.82, 2.24) is 10.3 Å². The van der Waals surface area contributed by atoms with Gasteiger partial charge in [-0.15, -0.1) is 6.42 Å². The molecular weight excluding hydrogens is 204 g/mol. The van der Waals surface area contributed by atoms with E-state index in [-0.39, 0.29) is 23.2 Å². The molecule has 0 bridgehead atoms. The van der Waals surface area contributed by atoms with Crippen LogP contribution in [0.2, 0.25) is 0 Å². The molecule has 0 aliphatic heterocycles. The zero-order valence-electron chi connectivity index (χ0n) is 9.12. The van der Waals surface area contributed by atoms with Gasteiger partial charge in [-0.2, -0.15) is 0 Å². The van der Waals surface area contributed by atoms with E-state index in [0.717, 1.165) is 12.8 Å². The number of aromatic amines is 1. The largest absolute Gasteiger partial charge is 0.337 e. The number of H-pyrrole nitrogens is 1. The average molecular weight is 218 g/mol. The molecule has 0 radical (unpaired) electrons. The maximum atomic E-state index is 11.7. The molecule has 4 nitrogen and oxygen atoms in total. The Morgan fingerprint density at radius 1 is 1.62 bits per heavy atom. The Balaban J connectivity index is 2.72. The molecule has 0 aromatic carbocycles. The lowest BCUT2D eigenvalue weighted by Gasteiger charge is -2.11. The summed E-state index contributed by atoms with van der Waals surface area (Å²) in [6.45, 7) is 1.99. The van der Waals surface area contributed by atoms with Gasteiger partial charge in [-0.25, -0.2) is 0 Å². The maximum absolute atomic E-state index is 11.7. The Morgan fingerprint density at radius 3 is 2.94 bits per heavy atom. The molecule has 1 aromatic rings. The van der Waals surface area contributed by atoms with Gasteiger partial charge in [0.2, 0.25) is 5.56 Å². The third kappa shape index (κ3) is 3.28. The lowest BCUT2D eigenvalue weighted by atomic mass is 10.2. The summed E-state index contributed by atoms with van der Waals surface area (Å²) in [5, 5.41) is 2.67. The first kappa shape index (κ1) is 12.1. The monoisotopic (exact) mass is 218 g/mol. The number of aromatic nitrogens is 1. The zero-order chi connectivity index (χ0) is 12.0. The fraction of sp³-hybridized carbons (Fsp3) is 0.333. The van der Waals surface area contributed by atoms with Gasteiger partial charge in [0.15, 0.2) is 0 Å². The highest BCUT2D eigenvalue weighted by Gasteiger charge is 2.10. The number of rotatable bonds is 4. The smallest absolute Gasteiger partial charge is 0.268 e. The van der Waals surface area contributed by atoms with Crippen molar-refractivity contribution in [2.45, 2.75) is 25.8 Å². The van der Waals surface area contributed by atoms with Crippen LogP contribution in [0.3, 0.4) is 0 Å². The number of hydrogen-bond acceptors (Lipinski definition) is 2. The van der Waals surface area contributed by atoms with Gasteiger partial charge < -0.3 is 10.3 Å². The van der Waals surface area contributed by atoms with Gasteiger partial charge in [0.1, 0.15) is 5.69 Å². The molecule has 0 aliphatic rings. The fourth-order valence-electron chi connectivity index (χ4n) is 1.30. The molecule has 16 heavy (non-hydrogen) atoms. The second-order valence-corrected chi connectivity index (χ2v) is 3.41. The van der Waals surface area contributed by atoms with E-state index in [4.69, 9.17) is 6.42 Å². The Bertz CT molecular complexity index is 457. The van der Waals surface area contributed by atoms with Gasteiger partial charge in [-0.1, -0.05) is 25.3 Å². The standard InChI is InChI=1S/C12H14N2O2/c1-3-6-9(4-2)13-12(16)10-7-5-8-11(15)14-10/h2,5,7-9H,3,6H2,1H3,(H,13,16)(H,14,15). The van der Waals surface area contributed by atoms with Crippen LogP contribution < -0.4 is 10.9 Å². The lowest BCUT2D eigenvalue weighted by Crippen LogP contribution is -2.34. The SMILES string of the molecule is C#CC(CCC)NC(=O)c1cccc(=O)[nH]1. The molecule has 2 N–H and O–H groups in total. The molecule has 1 unspecified atom stereocenters. The second-order valence-electron chi connectivity index (χ2n) is 3.41. The summed E-state index contributed by atoms with van der Waals surface area (Å²) >= 11 is 0. The number of terminal acetylenes is 1. The molecular formula is C12H14N2O2. The van der Waals surface area contributed by atoms with Crippen molar-refractivity contribution in [3.63, 3.8) is 0 Å². The van der Waals surface area contributed by atoms with Crippen LogP contribution in [0.5, 0.6) is 0 Å². The van der Waals surface area contributed by atoms with E-state index in [2.05, 4.69) is 16.2 Å². The third-order valence-corrected chi connectivity index (χ3v) is 2.10. The minimum absolute atomic E-state index is 0.226. The molecule has 1 amide bonds. The van der Waals surface area contributed by atoms with E-state index < -0.39 is 0 Å². The summed E-state index contributed by atoms with van der Waals surface area (Å²) < 4.78 is 0. The maximum Gasteiger partial charge on any atom is 0.268 e. The quantitative estimate of drug-likeness (QED) is 0.738. The van der Waals surface area contributed by atoms with Gasteiger partial charge in [0.05, 0.1) is 6.04 Å². The highest BCUT2D eigenvalue weighted by molar-refractivity contribution is 5.92. The van der Waals surface area contributed by atoms with E-state index in [9.17, 15) is 9.59 Å². The van der Waals surface area contributed by atoms with E-state index in [1.165, 1.54) is 18.2 Å². The van der Waals surface area contributed by atoms with Crippen molar-refractivity contribution >= 4 is 5.91 Å². The van der Waals surface area contributed by atoms with E-state index in [1.807, 2.05) is 6.92 Å². The lowest BCUT2D eigenvalue weighted by molar-refractivity contribution is 0.0939. The summed E-state index contributed by atoms with van der Waals surface area (Å²) in [4.78, 5) is 25.1. The molecule has 1 atom stereocenters. The third-order valence-electron chi connectivity index (χ3n) is 2.10. The minimum Gasteiger partial charge on any atom is -0.337 e. The van der Waals surface area contributed by atoms with Gasteiger partial charge in [0.25, 0.3) is 5.91 Å². The van der Waals surface area contributed by atoms with E-state index in [1.54, 1.807) is 0 Å². The van der Waals surface area contributed by atoms with Crippen LogP contribution in [0.4, 0.5) is 0 Å². The Labute approximate surface area is 94.1 Å². The minimum atomic E-state index is -0.353. The van der Waals surface area contributed by atoms with Gasteiger partial charge >= 0.3 is 0 Å². The number of hydrogen-bond donors (Lipinski definition) is 2. The summed E-state index contributed by atoms with van der Waals surface area (Å²) in [5.41, 5.74) is -0.0794. The van der Waals surface area contributed by atoms with Crippen molar-refractivity contribution in [1.29, 1.82) is 0 Å². The first-order chi connectivity index (χ1) is 7.67. The zero-order valence-corrected chi connectivity index (χ0v) is 9.12. The summed E-state index contributed by atoms with van der Waals surface area (Å²) in [7, 11) is 0. The van der Waals surface area contributed by atoms with Crippen molar-refractivity contribution in [2.75, 3.05) is 0 Å². The molecule has 0 fully saturated rings. The van der Waals surface area contributed by atoms with Crippen LogP contribution in [0, 0.1) is 12.3 Å². The molecule has 84 valence electrons. The molecule has 0 spiro atoms. The molecule has 4 heteroatoms.